The number of anilines is 2. The first-order valence-corrected chi connectivity index (χ1v) is 8.29. The van der Waals surface area contributed by atoms with Crippen molar-refractivity contribution in [1.29, 1.82) is 0 Å². The smallest absolute Gasteiger partial charge is 0.155 e. The van der Waals surface area contributed by atoms with Gasteiger partial charge in [-0.3, -0.25) is 9.97 Å². The highest BCUT2D eigenvalue weighted by Crippen LogP contribution is 2.35. The van der Waals surface area contributed by atoms with Crippen LogP contribution in [0.5, 0.6) is 0 Å². The van der Waals surface area contributed by atoms with Gasteiger partial charge in [-0.25, -0.2) is 4.98 Å². The number of fused-ring (bicyclic) bond motifs is 5. The van der Waals surface area contributed by atoms with Crippen LogP contribution in [-0.4, -0.2) is 25.0 Å². The zero-order valence-electron chi connectivity index (χ0n) is 13.8. The number of hydrogen-bond donors (Lipinski definition) is 3. The zero-order chi connectivity index (χ0) is 17.5. The standard InChI is InChI=1S/C20H15N5O/c26-11-12-1-3-13(4-2-12)23-20-19-18(14-5-7-21-9-16(14)24-19)15-6-8-22-10-17(15)25-20/h1-10,24,26H,11H2,(H,23,25). The molecule has 0 atom stereocenters. The number of H-pyrrole nitrogens is 1. The molecule has 0 radical (unpaired) electrons. The Labute approximate surface area is 148 Å². The van der Waals surface area contributed by atoms with E-state index in [-0.39, 0.29) is 6.61 Å². The summed E-state index contributed by atoms with van der Waals surface area (Å²) in [6.07, 6.45) is 7.17. The van der Waals surface area contributed by atoms with Crippen LogP contribution in [-0.2, 0) is 6.61 Å². The number of rotatable bonds is 3. The van der Waals surface area contributed by atoms with E-state index in [1.54, 1.807) is 18.6 Å². The van der Waals surface area contributed by atoms with E-state index < -0.39 is 0 Å². The van der Waals surface area contributed by atoms with E-state index in [4.69, 9.17) is 4.98 Å². The number of aliphatic hydroxyl groups is 1. The van der Waals surface area contributed by atoms with Crippen molar-refractivity contribution in [2.75, 3.05) is 5.32 Å². The molecule has 0 fully saturated rings. The molecule has 6 heteroatoms. The Morgan fingerprint density at radius 3 is 2.50 bits per heavy atom. The molecule has 4 heterocycles. The molecule has 0 bridgehead atoms. The maximum absolute atomic E-state index is 9.21. The van der Waals surface area contributed by atoms with Crippen LogP contribution in [0.2, 0.25) is 0 Å². The minimum Gasteiger partial charge on any atom is -0.392 e. The Morgan fingerprint density at radius 2 is 1.69 bits per heavy atom. The van der Waals surface area contributed by atoms with Crippen molar-refractivity contribution in [3.05, 3.63) is 66.7 Å². The lowest BCUT2D eigenvalue weighted by molar-refractivity contribution is 0.282. The van der Waals surface area contributed by atoms with Crippen LogP contribution in [0.4, 0.5) is 11.5 Å². The molecule has 0 aliphatic rings. The second-order valence-corrected chi connectivity index (χ2v) is 6.13. The van der Waals surface area contributed by atoms with Gasteiger partial charge >= 0.3 is 0 Å². The van der Waals surface area contributed by atoms with Crippen LogP contribution >= 0.6 is 0 Å². The third-order valence-corrected chi connectivity index (χ3v) is 4.54. The number of aliphatic hydroxyl groups excluding tert-OH is 1. The molecule has 0 saturated heterocycles. The first-order chi connectivity index (χ1) is 12.8. The van der Waals surface area contributed by atoms with E-state index in [0.29, 0.717) is 0 Å². The quantitative estimate of drug-likeness (QED) is 0.463. The lowest BCUT2D eigenvalue weighted by Crippen LogP contribution is -1.96. The number of hydrogen-bond acceptors (Lipinski definition) is 5. The molecular weight excluding hydrogens is 326 g/mol. The molecule has 0 aliphatic carbocycles. The predicted octanol–water partition coefficient (Wildman–Crippen LogP) is 3.90. The molecular formula is C20H15N5O. The third-order valence-electron chi connectivity index (χ3n) is 4.54. The lowest BCUT2D eigenvalue weighted by atomic mass is 10.1. The SMILES string of the molecule is OCc1ccc(Nc2nc3cnccc3c3c2[nH]c2cnccc23)cc1. The van der Waals surface area contributed by atoms with Crippen LogP contribution < -0.4 is 5.32 Å². The van der Waals surface area contributed by atoms with Crippen molar-refractivity contribution < 1.29 is 5.11 Å². The normalized spacial score (nSPS) is 11.4. The van der Waals surface area contributed by atoms with Gasteiger partial charge in [0, 0.05) is 34.2 Å². The van der Waals surface area contributed by atoms with E-state index in [2.05, 4.69) is 20.3 Å². The number of nitrogens with one attached hydrogen (secondary N) is 2. The molecule has 4 aromatic heterocycles. The van der Waals surface area contributed by atoms with E-state index in [9.17, 15) is 5.11 Å². The fraction of sp³-hybridized carbons (Fsp3) is 0.0500. The van der Waals surface area contributed by atoms with Crippen molar-refractivity contribution in [2.24, 2.45) is 0 Å². The first kappa shape index (κ1) is 14.8. The zero-order valence-corrected chi connectivity index (χ0v) is 13.8. The number of aromatic nitrogens is 4. The van der Waals surface area contributed by atoms with Gasteiger partial charge in [-0.15, -0.1) is 0 Å². The van der Waals surface area contributed by atoms with Gasteiger partial charge in [0.15, 0.2) is 5.82 Å². The third kappa shape index (κ3) is 2.28. The summed E-state index contributed by atoms with van der Waals surface area (Å²) >= 11 is 0. The fourth-order valence-electron chi connectivity index (χ4n) is 3.28. The fourth-order valence-corrected chi connectivity index (χ4v) is 3.28. The maximum atomic E-state index is 9.21. The topological polar surface area (TPSA) is 86.7 Å². The Bertz CT molecular complexity index is 1240. The summed E-state index contributed by atoms with van der Waals surface area (Å²) in [7, 11) is 0. The molecule has 5 aromatic rings. The largest absolute Gasteiger partial charge is 0.392 e. The molecule has 126 valence electrons. The Hall–Kier alpha value is -3.51. The summed E-state index contributed by atoms with van der Waals surface area (Å²) in [5.74, 6) is 0.730. The number of nitrogens with zero attached hydrogens (tertiary/aromatic N) is 3. The number of aromatic amines is 1. The van der Waals surface area contributed by atoms with Crippen molar-refractivity contribution in [2.45, 2.75) is 6.61 Å². The molecule has 0 unspecified atom stereocenters. The van der Waals surface area contributed by atoms with Crippen LogP contribution in [0.25, 0.3) is 32.7 Å². The molecule has 1 aromatic carbocycles. The highest BCUT2D eigenvalue weighted by Gasteiger charge is 2.14. The molecule has 0 amide bonds. The average Bonchev–Trinajstić information content (AvgIpc) is 3.09. The Kier molecular flexibility index (Phi) is 3.29. The van der Waals surface area contributed by atoms with Gasteiger partial charge in [-0.05, 0) is 29.8 Å². The van der Waals surface area contributed by atoms with Gasteiger partial charge < -0.3 is 15.4 Å². The molecule has 6 nitrogen and oxygen atoms in total. The first-order valence-electron chi connectivity index (χ1n) is 8.29. The average molecular weight is 341 g/mol. The molecule has 5 rings (SSSR count). The summed E-state index contributed by atoms with van der Waals surface area (Å²) in [5, 5.41) is 15.8. The van der Waals surface area contributed by atoms with Crippen LogP contribution in [0.3, 0.4) is 0 Å². The monoisotopic (exact) mass is 341 g/mol. The van der Waals surface area contributed by atoms with E-state index >= 15 is 0 Å². The summed E-state index contributed by atoms with van der Waals surface area (Å²) in [6, 6.07) is 11.6. The van der Waals surface area contributed by atoms with Crippen molar-refractivity contribution in [3.8, 4) is 0 Å². The van der Waals surface area contributed by atoms with E-state index in [1.807, 2.05) is 42.6 Å². The number of benzene rings is 1. The summed E-state index contributed by atoms with van der Waals surface area (Å²) < 4.78 is 0. The number of pyridine rings is 3. The van der Waals surface area contributed by atoms with Crippen LogP contribution in [0.1, 0.15) is 5.56 Å². The predicted molar refractivity (Wildman–Crippen MR) is 102 cm³/mol. The molecule has 0 spiro atoms. The molecule has 26 heavy (non-hydrogen) atoms. The maximum Gasteiger partial charge on any atom is 0.155 e. The molecule has 0 saturated carbocycles. The Morgan fingerprint density at radius 1 is 0.923 bits per heavy atom. The van der Waals surface area contributed by atoms with Gasteiger partial charge in [-0.1, -0.05) is 12.1 Å². The highest BCUT2D eigenvalue weighted by molar-refractivity contribution is 6.21. The van der Waals surface area contributed by atoms with Crippen LogP contribution in [0.15, 0.2) is 61.2 Å². The summed E-state index contributed by atoms with van der Waals surface area (Å²) in [5.41, 5.74) is 4.49. The second-order valence-electron chi connectivity index (χ2n) is 6.13. The van der Waals surface area contributed by atoms with E-state index in [0.717, 1.165) is 49.8 Å². The second kappa shape index (κ2) is 5.79. The van der Waals surface area contributed by atoms with Gasteiger partial charge in [0.1, 0.15) is 0 Å². The Balaban J connectivity index is 1.77. The van der Waals surface area contributed by atoms with Gasteiger partial charge in [0.05, 0.1) is 35.6 Å². The van der Waals surface area contributed by atoms with Crippen molar-refractivity contribution in [3.63, 3.8) is 0 Å². The van der Waals surface area contributed by atoms with Crippen LogP contribution in [0, 0.1) is 0 Å². The van der Waals surface area contributed by atoms with Crippen molar-refractivity contribution in [1.82, 2.24) is 19.9 Å². The van der Waals surface area contributed by atoms with Gasteiger partial charge in [-0.2, -0.15) is 0 Å². The molecule has 0 aliphatic heterocycles. The van der Waals surface area contributed by atoms with Crippen molar-refractivity contribution >= 4 is 44.2 Å². The molecule has 3 N–H and O–H groups in total. The van der Waals surface area contributed by atoms with E-state index in [1.165, 1.54) is 0 Å². The minimum atomic E-state index is 0.0272. The van der Waals surface area contributed by atoms with Gasteiger partial charge in [0.25, 0.3) is 0 Å². The summed E-state index contributed by atoms with van der Waals surface area (Å²) in [6.45, 7) is 0.0272. The lowest BCUT2D eigenvalue weighted by Gasteiger charge is -2.09. The van der Waals surface area contributed by atoms with Gasteiger partial charge in [0.2, 0.25) is 0 Å². The minimum absolute atomic E-state index is 0.0272. The highest BCUT2D eigenvalue weighted by atomic mass is 16.3. The summed E-state index contributed by atoms with van der Waals surface area (Å²) in [4.78, 5) is 16.6.